The molecular formula is C5H11NO3S2. The maximum Gasteiger partial charge on any atom is 0.235 e. The Bertz CT molecular complexity index is 234. The Morgan fingerprint density at radius 2 is 2.09 bits per heavy atom. The molecule has 0 bridgehead atoms. The van der Waals surface area contributed by atoms with Crippen LogP contribution in [0, 0.1) is 0 Å². The molecule has 0 aliphatic rings. The van der Waals surface area contributed by atoms with Crippen molar-refractivity contribution in [3.8, 4) is 0 Å². The van der Waals surface area contributed by atoms with E-state index in [1.807, 2.05) is 0 Å². The SMILES string of the molecule is CS(=O)(=O)C(CCS)C(N)=O. The zero-order valence-electron chi connectivity index (χ0n) is 6.15. The average Bonchev–Trinajstić information content (AvgIpc) is 1.79. The molecule has 4 nitrogen and oxygen atoms in total. The topological polar surface area (TPSA) is 77.2 Å². The first kappa shape index (κ1) is 10.8. The second-order valence-corrected chi connectivity index (χ2v) is 4.91. The molecule has 6 heteroatoms. The van der Waals surface area contributed by atoms with Crippen molar-refractivity contribution in [1.29, 1.82) is 0 Å². The summed E-state index contributed by atoms with van der Waals surface area (Å²) in [5.41, 5.74) is 4.86. The van der Waals surface area contributed by atoms with E-state index in [1.54, 1.807) is 0 Å². The predicted octanol–water partition coefficient (Wildman–Crippen LogP) is -0.795. The van der Waals surface area contributed by atoms with Crippen molar-refractivity contribution in [3.05, 3.63) is 0 Å². The van der Waals surface area contributed by atoms with E-state index in [-0.39, 0.29) is 6.42 Å². The van der Waals surface area contributed by atoms with E-state index in [0.29, 0.717) is 5.75 Å². The third-order valence-electron chi connectivity index (χ3n) is 1.23. The summed E-state index contributed by atoms with van der Waals surface area (Å²) in [5.74, 6) is -0.470. The van der Waals surface area contributed by atoms with Crippen LogP contribution in [0.25, 0.3) is 0 Å². The lowest BCUT2D eigenvalue weighted by atomic mass is 10.3. The highest BCUT2D eigenvalue weighted by Gasteiger charge is 2.25. The van der Waals surface area contributed by atoms with Crippen LogP contribution >= 0.6 is 12.6 Å². The summed E-state index contributed by atoms with van der Waals surface area (Å²) in [7, 11) is -3.35. The first-order chi connectivity index (χ1) is 4.89. The van der Waals surface area contributed by atoms with Gasteiger partial charge in [0.1, 0.15) is 5.25 Å². The highest BCUT2D eigenvalue weighted by Crippen LogP contribution is 2.04. The van der Waals surface area contributed by atoms with Gasteiger partial charge in [0.25, 0.3) is 0 Å². The Balaban J connectivity index is 4.49. The Morgan fingerprint density at radius 3 is 2.18 bits per heavy atom. The maximum atomic E-state index is 10.8. The zero-order chi connectivity index (χ0) is 9.07. The minimum atomic E-state index is -3.35. The van der Waals surface area contributed by atoms with Crippen LogP contribution in [-0.4, -0.2) is 31.6 Å². The molecule has 2 N–H and O–H groups in total. The molecule has 0 heterocycles. The van der Waals surface area contributed by atoms with Gasteiger partial charge < -0.3 is 5.73 Å². The van der Waals surface area contributed by atoms with E-state index < -0.39 is 21.0 Å². The van der Waals surface area contributed by atoms with E-state index in [1.165, 1.54) is 0 Å². The zero-order valence-corrected chi connectivity index (χ0v) is 7.86. The van der Waals surface area contributed by atoms with Gasteiger partial charge >= 0.3 is 0 Å². The fourth-order valence-corrected chi connectivity index (χ4v) is 2.09. The number of hydrogen-bond donors (Lipinski definition) is 2. The second-order valence-electron chi connectivity index (χ2n) is 2.23. The van der Waals surface area contributed by atoms with Crippen molar-refractivity contribution in [1.82, 2.24) is 0 Å². The standard InChI is InChI=1S/C5H11NO3S2/c1-11(8,9)4(2-3-10)5(6)7/h4,10H,2-3H2,1H3,(H2,6,7). The van der Waals surface area contributed by atoms with Crippen molar-refractivity contribution in [2.75, 3.05) is 12.0 Å². The molecule has 1 atom stereocenters. The minimum Gasteiger partial charge on any atom is -0.369 e. The molecule has 0 aliphatic heterocycles. The van der Waals surface area contributed by atoms with Crippen LogP contribution in [0.3, 0.4) is 0 Å². The number of carbonyl (C=O) groups is 1. The highest BCUT2D eigenvalue weighted by atomic mass is 32.2. The molecule has 0 saturated heterocycles. The van der Waals surface area contributed by atoms with Crippen molar-refractivity contribution in [2.45, 2.75) is 11.7 Å². The molecule has 0 aromatic rings. The number of thiol groups is 1. The van der Waals surface area contributed by atoms with Gasteiger partial charge in [0, 0.05) is 6.26 Å². The van der Waals surface area contributed by atoms with Crippen LogP contribution in [0.5, 0.6) is 0 Å². The fraction of sp³-hybridized carbons (Fsp3) is 0.800. The van der Waals surface area contributed by atoms with Gasteiger partial charge in [-0.3, -0.25) is 4.79 Å². The van der Waals surface area contributed by atoms with E-state index in [2.05, 4.69) is 12.6 Å². The van der Waals surface area contributed by atoms with Gasteiger partial charge in [-0.2, -0.15) is 12.6 Å². The Labute approximate surface area is 71.5 Å². The van der Waals surface area contributed by atoms with E-state index >= 15 is 0 Å². The first-order valence-corrected chi connectivity index (χ1v) is 5.57. The van der Waals surface area contributed by atoms with Gasteiger partial charge in [-0.25, -0.2) is 8.42 Å². The van der Waals surface area contributed by atoms with Gasteiger partial charge in [-0.05, 0) is 12.2 Å². The average molecular weight is 197 g/mol. The largest absolute Gasteiger partial charge is 0.369 e. The number of sulfone groups is 1. The first-order valence-electron chi connectivity index (χ1n) is 2.98. The number of amides is 1. The Kier molecular flexibility index (Phi) is 3.88. The quantitative estimate of drug-likeness (QED) is 0.579. The monoisotopic (exact) mass is 197 g/mol. The molecule has 1 amide bonds. The smallest absolute Gasteiger partial charge is 0.235 e. The van der Waals surface area contributed by atoms with Crippen molar-refractivity contribution in [3.63, 3.8) is 0 Å². The molecule has 0 aliphatic carbocycles. The normalized spacial score (nSPS) is 14.4. The fourth-order valence-electron chi connectivity index (χ4n) is 0.685. The number of nitrogens with two attached hydrogens (primary N) is 1. The maximum absolute atomic E-state index is 10.8. The second kappa shape index (κ2) is 3.96. The van der Waals surface area contributed by atoms with Gasteiger partial charge in [-0.15, -0.1) is 0 Å². The molecule has 0 rings (SSSR count). The third kappa shape index (κ3) is 3.62. The minimum absolute atomic E-state index is 0.178. The predicted molar refractivity (Wildman–Crippen MR) is 46.3 cm³/mol. The van der Waals surface area contributed by atoms with Gasteiger partial charge in [0.15, 0.2) is 9.84 Å². The molecule has 0 aromatic carbocycles. The van der Waals surface area contributed by atoms with E-state index in [0.717, 1.165) is 6.26 Å². The molecule has 11 heavy (non-hydrogen) atoms. The number of primary amides is 1. The number of rotatable bonds is 4. The van der Waals surface area contributed by atoms with Crippen LogP contribution in [0.2, 0.25) is 0 Å². The Hall–Kier alpha value is -0.230. The van der Waals surface area contributed by atoms with Crippen LogP contribution in [0.1, 0.15) is 6.42 Å². The molecule has 0 fully saturated rings. The lowest BCUT2D eigenvalue weighted by Crippen LogP contribution is -2.35. The molecule has 66 valence electrons. The van der Waals surface area contributed by atoms with Crippen LogP contribution in [-0.2, 0) is 14.6 Å². The molecule has 0 radical (unpaired) electrons. The van der Waals surface area contributed by atoms with Crippen LogP contribution in [0.4, 0.5) is 0 Å². The van der Waals surface area contributed by atoms with Crippen molar-refractivity contribution in [2.24, 2.45) is 5.73 Å². The summed E-state index contributed by atoms with van der Waals surface area (Å²) in [6.07, 6.45) is 1.17. The molecule has 0 aromatic heterocycles. The van der Waals surface area contributed by atoms with Crippen molar-refractivity contribution < 1.29 is 13.2 Å². The summed E-state index contributed by atoms with van der Waals surface area (Å²) in [6, 6.07) is 0. The molecule has 1 unspecified atom stereocenters. The highest BCUT2D eigenvalue weighted by molar-refractivity contribution is 7.92. The van der Waals surface area contributed by atoms with Gasteiger partial charge in [0.2, 0.25) is 5.91 Å². The molecule has 0 saturated carbocycles. The third-order valence-corrected chi connectivity index (χ3v) is 2.99. The lowest BCUT2D eigenvalue weighted by Gasteiger charge is -2.08. The van der Waals surface area contributed by atoms with Gasteiger partial charge in [-0.1, -0.05) is 0 Å². The summed E-state index contributed by atoms with van der Waals surface area (Å²) in [4.78, 5) is 10.5. The summed E-state index contributed by atoms with van der Waals surface area (Å²) in [6.45, 7) is 0. The van der Waals surface area contributed by atoms with Crippen LogP contribution in [0.15, 0.2) is 0 Å². The number of hydrogen-bond acceptors (Lipinski definition) is 4. The Morgan fingerprint density at radius 1 is 1.64 bits per heavy atom. The van der Waals surface area contributed by atoms with E-state index in [9.17, 15) is 13.2 Å². The molecular weight excluding hydrogens is 186 g/mol. The van der Waals surface area contributed by atoms with Gasteiger partial charge in [0.05, 0.1) is 0 Å². The summed E-state index contributed by atoms with van der Waals surface area (Å²) < 4.78 is 21.7. The van der Waals surface area contributed by atoms with E-state index in [4.69, 9.17) is 5.73 Å². The van der Waals surface area contributed by atoms with Crippen LogP contribution < -0.4 is 5.73 Å². The lowest BCUT2D eigenvalue weighted by molar-refractivity contribution is -0.117. The molecule has 0 spiro atoms. The summed E-state index contributed by atoms with van der Waals surface area (Å²) >= 11 is 3.81. The van der Waals surface area contributed by atoms with Crippen molar-refractivity contribution >= 4 is 28.4 Å². The summed E-state index contributed by atoms with van der Waals surface area (Å²) in [5, 5.41) is -1.08. The number of carbonyl (C=O) groups excluding carboxylic acids is 1.